The van der Waals surface area contributed by atoms with Crippen LogP contribution in [0.3, 0.4) is 0 Å². The zero-order chi connectivity index (χ0) is 23.6. The van der Waals surface area contributed by atoms with Crippen LogP contribution in [0.5, 0.6) is 11.5 Å². The number of carbonyl (C=O) groups is 2. The molecule has 0 aromatic heterocycles. The molecule has 32 heavy (non-hydrogen) atoms. The summed E-state index contributed by atoms with van der Waals surface area (Å²) in [4.78, 5) is 24.9. The number of carbonyl (C=O) groups excluding carboxylic acids is 1. The summed E-state index contributed by atoms with van der Waals surface area (Å²) in [6.07, 6.45) is 7.07. The van der Waals surface area contributed by atoms with Crippen molar-refractivity contribution in [1.82, 2.24) is 4.90 Å². The van der Waals surface area contributed by atoms with Crippen molar-refractivity contribution in [2.24, 2.45) is 0 Å². The van der Waals surface area contributed by atoms with E-state index in [4.69, 9.17) is 9.84 Å². The first-order chi connectivity index (χ1) is 15.0. The van der Waals surface area contributed by atoms with Crippen molar-refractivity contribution in [2.45, 2.75) is 78.0 Å². The Morgan fingerprint density at radius 2 is 1.97 bits per heavy atom. The fourth-order valence-electron chi connectivity index (χ4n) is 4.35. The second-order valence-electron chi connectivity index (χ2n) is 9.33. The fraction of sp³-hybridized carbons (Fsp3) is 0.520. The highest BCUT2D eigenvalue weighted by Crippen LogP contribution is 2.46. The Labute approximate surface area is 189 Å². The number of benzene rings is 1. The maximum Gasteiger partial charge on any atom is 0.323 e. The Morgan fingerprint density at radius 3 is 2.62 bits per heavy atom. The monoisotopic (exact) mass is 443 g/mol. The second-order valence-corrected chi connectivity index (χ2v) is 9.33. The van der Waals surface area contributed by atoms with Gasteiger partial charge >= 0.3 is 5.97 Å². The standard InChI is InChI=1S/C25H33NO6/c1-15(2)7-5-8-16(3)9-6-10-25(4)21(28)12-18-20(27)11-17-19(23(18)32-25)13-26(24(17)31)14-22(29)30/h7,9,11,21,27-28H,5-6,8,10,12-14H2,1-4H3,(H,29,30)/b16-9+/t21-,25-/m0/s1. The molecule has 174 valence electrons. The molecule has 1 amide bonds. The number of aliphatic hydroxyl groups is 1. The van der Waals surface area contributed by atoms with Gasteiger partial charge in [-0.05, 0) is 59.4 Å². The Morgan fingerprint density at radius 1 is 1.25 bits per heavy atom. The number of aliphatic hydroxyl groups excluding tert-OH is 1. The van der Waals surface area contributed by atoms with Crippen LogP contribution in [0.1, 0.15) is 74.9 Å². The first-order valence-corrected chi connectivity index (χ1v) is 11.1. The maximum absolute atomic E-state index is 12.6. The van der Waals surface area contributed by atoms with Crippen molar-refractivity contribution in [3.05, 3.63) is 46.1 Å². The Bertz CT molecular complexity index is 975. The quantitative estimate of drug-likeness (QED) is 0.525. The third-order valence-electron chi connectivity index (χ3n) is 6.32. The molecular weight excluding hydrogens is 410 g/mol. The lowest BCUT2D eigenvalue weighted by molar-refractivity contribution is -0.137. The average Bonchev–Trinajstić information content (AvgIpc) is 2.98. The van der Waals surface area contributed by atoms with Crippen LogP contribution in [0.25, 0.3) is 0 Å². The van der Waals surface area contributed by atoms with Crippen LogP contribution in [0.2, 0.25) is 0 Å². The lowest BCUT2D eigenvalue weighted by Gasteiger charge is -2.40. The van der Waals surface area contributed by atoms with Crippen molar-refractivity contribution >= 4 is 11.9 Å². The molecule has 0 radical (unpaired) electrons. The third kappa shape index (κ3) is 4.99. The largest absolute Gasteiger partial charge is 0.508 e. The topological polar surface area (TPSA) is 107 Å². The van der Waals surface area contributed by atoms with Gasteiger partial charge in [0.2, 0.25) is 0 Å². The molecule has 0 saturated heterocycles. The van der Waals surface area contributed by atoms with Gasteiger partial charge in [-0.25, -0.2) is 0 Å². The molecule has 0 bridgehead atoms. The molecule has 0 unspecified atom stereocenters. The molecule has 2 heterocycles. The van der Waals surface area contributed by atoms with Crippen LogP contribution in [-0.2, 0) is 17.8 Å². The molecule has 1 aromatic carbocycles. The van der Waals surface area contributed by atoms with E-state index in [1.54, 1.807) is 0 Å². The molecular formula is C25H33NO6. The van der Waals surface area contributed by atoms with Crippen molar-refractivity contribution in [2.75, 3.05) is 6.54 Å². The predicted octanol–water partition coefficient (Wildman–Crippen LogP) is 3.96. The Balaban J connectivity index is 1.78. The Hall–Kier alpha value is -2.80. The average molecular weight is 444 g/mol. The molecule has 3 N–H and O–H groups in total. The zero-order valence-corrected chi connectivity index (χ0v) is 19.3. The SMILES string of the molecule is CC(C)=CCC/C(C)=C/CC[C@]1(C)Oc2c(c(O)cc3c2CN(CC(=O)O)C3=O)C[C@@H]1O. The van der Waals surface area contributed by atoms with E-state index in [9.17, 15) is 19.8 Å². The predicted molar refractivity (Wildman–Crippen MR) is 121 cm³/mol. The van der Waals surface area contributed by atoms with Gasteiger partial charge in [0.1, 0.15) is 23.6 Å². The molecule has 0 saturated carbocycles. The zero-order valence-electron chi connectivity index (χ0n) is 19.3. The number of carboxylic acid groups (broad SMARTS) is 1. The van der Waals surface area contributed by atoms with Crippen LogP contribution in [0, 0.1) is 0 Å². The fourth-order valence-corrected chi connectivity index (χ4v) is 4.35. The Kier molecular flexibility index (Phi) is 6.98. The van der Waals surface area contributed by atoms with Crippen LogP contribution >= 0.6 is 0 Å². The lowest BCUT2D eigenvalue weighted by Crippen LogP contribution is -2.49. The summed E-state index contributed by atoms with van der Waals surface area (Å²) in [6.45, 7) is 7.81. The van der Waals surface area contributed by atoms with E-state index in [1.165, 1.54) is 22.1 Å². The van der Waals surface area contributed by atoms with Crippen molar-refractivity contribution in [3.63, 3.8) is 0 Å². The first kappa shape index (κ1) is 23.9. The lowest BCUT2D eigenvalue weighted by atomic mass is 9.84. The van der Waals surface area contributed by atoms with Crippen LogP contribution in [0.15, 0.2) is 29.4 Å². The summed E-state index contributed by atoms with van der Waals surface area (Å²) < 4.78 is 6.28. The molecule has 7 heteroatoms. The van der Waals surface area contributed by atoms with Crippen molar-refractivity contribution in [3.8, 4) is 11.5 Å². The summed E-state index contributed by atoms with van der Waals surface area (Å²) in [6, 6.07) is 1.36. The van der Waals surface area contributed by atoms with Gasteiger partial charge < -0.3 is 25.0 Å². The number of aromatic hydroxyl groups is 1. The minimum absolute atomic E-state index is 0.110. The highest BCUT2D eigenvalue weighted by Gasteiger charge is 2.44. The van der Waals surface area contributed by atoms with E-state index < -0.39 is 30.1 Å². The molecule has 0 spiro atoms. The number of allylic oxidation sites excluding steroid dienone is 4. The number of fused-ring (bicyclic) bond motifs is 3. The summed E-state index contributed by atoms with van der Waals surface area (Å²) in [5.41, 5.74) is 3.01. The van der Waals surface area contributed by atoms with E-state index in [-0.39, 0.29) is 24.3 Å². The van der Waals surface area contributed by atoms with Crippen molar-refractivity contribution in [1.29, 1.82) is 0 Å². The number of hydrogen-bond donors (Lipinski definition) is 3. The normalized spacial score (nSPS) is 22.3. The van der Waals surface area contributed by atoms with Gasteiger partial charge in [-0.3, -0.25) is 9.59 Å². The summed E-state index contributed by atoms with van der Waals surface area (Å²) in [5.74, 6) is -1.25. The minimum Gasteiger partial charge on any atom is -0.508 e. The van der Waals surface area contributed by atoms with E-state index >= 15 is 0 Å². The van der Waals surface area contributed by atoms with Gasteiger partial charge in [0.05, 0.1) is 18.2 Å². The number of aliphatic carboxylic acids is 1. The molecule has 0 fully saturated rings. The number of ether oxygens (including phenoxy) is 1. The van der Waals surface area contributed by atoms with E-state index in [1.807, 2.05) is 6.92 Å². The molecule has 0 aliphatic carbocycles. The van der Waals surface area contributed by atoms with E-state index in [2.05, 4.69) is 32.9 Å². The molecule has 2 aliphatic rings. The van der Waals surface area contributed by atoms with Gasteiger partial charge in [0.15, 0.2) is 0 Å². The summed E-state index contributed by atoms with van der Waals surface area (Å²) in [5, 5.41) is 30.4. The van der Waals surface area contributed by atoms with Gasteiger partial charge in [-0.15, -0.1) is 0 Å². The molecule has 2 atom stereocenters. The van der Waals surface area contributed by atoms with E-state index in [0.29, 0.717) is 23.3 Å². The number of amides is 1. The van der Waals surface area contributed by atoms with Gasteiger partial charge in [-0.1, -0.05) is 23.3 Å². The molecule has 1 aromatic rings. The highest BCUT2D eigenvalue weighted by molar-refractivity contribution is 6.01. The first-order valence-electron chi connectivity index (χ1n) is 11.1. The third-order valence-corrected chi connectivity index (χ3v) is 6.32. The summed E-state index contributed by atoms with van der Waals surface area (Å²) in [7, 11) is 0. The molecule has 2 aliphatic heterocycles. The van der Waals surface area contributed by atoms with E-state index in [0.717, 1.165) is 19.3 Å². The molecule has 7 nitrogen and oxygen atoms in total. The highest BCUT2D eigenvalue weighted by atomic mass is 16.5. The smallest absolute Gasteiger partial charge is 0.323 e. The second kappa shape index (κ2) is 9.36. The summed E-state index contributed by atoms with van der Waals surface area (Å²) >= 11 is 0. The number of hydrogen-bond acceptors (Lipinski definition) is 5. The number of nitrogens with zero attached hydrogens (tertiary/aromatic N) is 1. The maximum atomic E-state index is 12.6. The number of phenolic OH excluding ortho intramolecular Hbond substituents is 1. The van der Waals surface area contributed by atoms with Gasteiger partial charge in [0, 0.05) is 17.5 Å². The minimum atomic E-state index is -1.10. The molecule has 3 rings (SSSR count). The number of carboxylic acids is 1. The van der Waals surface area contributed by atoms with Crippen LogP contribution in [0.4, 0.5) is 0 Å². The van der Waals surface area contributed by atoms with Crippen LogP contribution < -0.4 is 4.74 Å². The van der Waals surface area contributed by atoms with Crippen LogP contribution in [-0.4, -0.2) is 50.3 Å². The van der Waals surface area contributed by atoms with Gasteiger partial charge in [-0.2, -0.15) is 0 Å². The van der Waals surface area contributed by atoms with Crippen molar-refractivity contribution < 1.29 is 29.6 Å². The number of rotatable bonds is 8. The van der Waals surface area contributed by atoms with Gasteiger partial charge in [0.25, 0.3) is 5.91 Å². The number of phenols is 1.